The Balaban J connectivity index is 1.34. The number of pyridine rings is 1. The number of alkyl halides is 3. The van der Waals surface area contributed by atoms with Gasteiger partial charge in [-0.15, -0.1) is 0 Å². The highest BCUT2D eigenvalue weighted by molar-refractivity contribution is 5.99. The lowest BCUT2D eigenvalue weighted by molar-refractivity contribution is -0.587. The summed E-state index contributed by atoms with van der Waals surface area (Å²) in [6, 6.07) is 5.17. The minimum Gasteiger partial charge on any atom is -0.362 e. The van der Waals surface area contributed by atoms with Crippen molar-refractivity contribution in [3.05, 3.63) is 65.3 Å². The summed E-state index contributed by atoms with van der Waals surface area (Å²) in [5.41, 5.74) is 4.69. The molecule has 0 bridgehead atoms. The van der Waals surface area contributed by atoms with Crippen molar-refractivity contribution in [1.82, 2.24) is 21.2 Å². The number of carbonyl (C=O) groups excluding carboxylic acids is 2. The maximum Gasteiger partial charge on any atom is 0.418 e. The first-order valence-electron chi connectivity index (χ1n) is 11.6. The molecule has 198 valence electrons. The van der Waals surface area contributed by atoms with E-state index in [9.17, 15) is 27.2 Å². The van der Waals surface area contributed by atoms with Gasteiger partial charge in [0.1, 0.15) is 18.6 Å². The molecule has 2 heterocycles. The largest absolute Gasteiger partial charge is 0.418 e. The fourth-order valence-electron chi connectivity index (χ4n) is 3.91. The Hall–Kier alpha value is -3.39. The Bertz CT molecular complexity index is 1200. The second-order valence-electron chi connectivity index (χ2n) is 8.95. The van der Waals surface area contributed by atoms with Crippen molar-refractivity contribution in [2.24, 2.45) is 0 Å². The molecule has 1 fully saturated rings. The fourth-order valence-corrected chi connectivity index (χ4v) is 3.91. The molecular formula is C24H27F4N6O3+. The van der Waals surface area contributed by atoms with Crippen molar-refractivity contribution < 1.29 is 37.2 Å². The standard InChI is InChI=1S/C24H26F4N6O3/c1-13-17(10-20(37-2)34-33-13)21(35)32-23(7-8-23)22(36)30-11-15-4-5-16(12-29-15)31-19-6-3-14(25)9-18(19)24(26,27)28/h3-6,9-10,12-13,20,31,33-34H,7-8,11H2,1-2H3,(H,30,36)(H,32,35)/p+1. The molecule has 13 heteroatoms. The molecule has 0 saturated heterocycles. The first-order chi connectivity index (χ1) is 17.5. The zero-order chi connectivity index (χ0) is 26.8. The van der Waals surface area contributed by atoms with Gasteiger partial charge < -0.3 is 15.4 Å². The highest BCUT2D eigenvalue weighted by Gasteiger charge is 2.54. The fraction of sp³-hybridized carbons (Fsp3) is 0.375. The predicted octanol–water partition coefficient (Wildman–Crippen LogP) is 1.62. The molecule has 2 unspecified atom stereocenters. The van der Waals surface area contributed by atoms with Crippen LogP contribution in [0.5, 0.6) is 0 Å². The minimum absolute atomic E-state index is 0.178. The molecular weight excluding hydrogens is 496 g/mol. The van der Waals surface area contributed by atoms with Crippen LogP contribution >= 0.6 is 0 Å². The van der Waals surface area contributed by atoms with E-state index in [1.807, 2.05) is 6.92 Å². The van der Waals surface area contributed by atoms with E-state index in [1.54, 1.807) is 12.1 Å². The molecule has 1 saturated carbocycles. The van der Waals surface area contributed by atoms with Gasteiger partial charge in [-0.3, -0.25) is 15.1 Å². The lowest BCUT2D eigenvalue weighted by atomic mass is 10.1. The second kappa shape index (κ2) is 10.5. The summed E-state index contributed by atoms with van der Waals surface area (Å²) >= 11 is 0. The molecule has 2 aromatic rings. The minimum atomic E-state index is -4.73. The van der Waals surface area contributed by atoms with Crippen molar-refractivity contribution in [1.29, 1.82) is 0 Å². The lowest BCUT2D eigenvalue weighted by Crippen LogP contribution is -2.90. The molecule has 6 N–H and O–H groups in total. The first-order valence-corrected chi connectivity index (χ1v) is 11.6. The van der Waals surface area contributed by atoms with Crippen LogP contribution in [0.1, 0.15) is 31.0 Å². The third-order valence-corrected chi connectivity index (χ3v) is 6.22. The number of nitrogens with zero attached hydrogens (tertiary/aromatic N) is 1. The van der Waals surface area contributed by atoms with Gasteiger partial charge in [0.05, 0.1) is 28.8 Å². The number of aromatic nitrogens is 1. The Morgan fingerprint density at radius 3 is 2.59 bits per heavy atom. The number of primary amides is 1. The van der Waals surface area contributed by atoms with Crippen molar-refractivity contribution in [3.63, 3.8) is 0 Å². The van der Waals surface area contributed by atoms with Crippen LogP contribution in [0, 0.1) is 5.82 Å². The van der Waals surface area contributed by atoms with Crippen LogP contribution in [-0.2, 0) is 27.0 Å². The molecule has 2 atom stereocenters. The summed E-state index contributed by atoms with van der Waals surface area (Å²) in [5, 5.41) is 6.89. The average Bonchev–Trinajstić information content (AvgIpc) is 3.64. The van der Waals surface area contributed by atoms with Gasteiger partial charge in [-0.05, 0) is 56.2 Å². The molecule has 1 aliphatic heterocycles. The van der Waals surface area contributed by atoms with E-state index in [0.29, 0.717) is 30.2 Å². The van der Waals surface area contributed by atoms with Crippen molar-refractivity contribution in [2.75, 3.05) is 12.4 Å². The SMILES string of the molecule is COC1C=C(C(=O)NC2(C(=O)[NH2+]Cc3ccc(Nc4ccc(F)cc4C(F)(F)F)cn3)CC2)C(C)NN1. The number of carbonyl (C=O) groups is 2. The Kier molecular flexibility index (Phi) is 7.59. The molecule has 1 aliphatic carbocycles. The molecule has 9 nitrogen and oxygen atoms in total. The number of quaternary nitrogens is 1. The van der Waals surface area contributed by atoms with Crippen LogP contribution < -0.4 is 26.8 Å². The Morgan fingerprint density at radius 2 is 1.97 bits per heavy atom. The third kappa shape index (κ3) is 6.31. The van der Waals surface area contributed by atoms with Gasteiger partial charge in [0, 0.05) is 18.7 Å². The summed E-state index contributed by atoms with van der Waals surface area (Å²) in [6.07, 6.45) is -1.18. The zero-order valence-electron chi connectivity index (χ0n) is 20.1. The number of hydrazine groups is 1. The van der Waals surface area contributed by atoms with Crippen LogP contribution in [0.15, 0.2) is 48.2 Å². The van der Waals surface area contributed by atoms with Gasteiger partial charge in [-0.2, -0.15) is 13.2 Å². The van der Waals surface area contributed by atoms with E-state index in [2.05, 4.69) is 26.5 Å². The zero-order valence-corrected chi connectivity index (χ0v) is 20.1. The Labute approximate surface area is 210 Å². The maximum absolute atomic E-state index is 13.3. The smallest absolute Gasteiger partial charge is 0.362 e. The van der Waals surface area contributed by atoms with E-state index in [1.165, 1.54) is 24.7 Å². The molecule has 2 aliphatic rings. The van der Waals surface area contributed by atoms with Crippen LogP contribution in [-0.4, -0.2) is 41.7 Å². The molecule has 37 heavy (non-hydrogen) atoms. The van der Waals surface area contributed by atoms with E-state index in [4.69, 9.17) is 4.74 Å². The van der Waals surface area contributed by atoms with Crippen molar-refractivity contribution in [3.8, 4) is 0 Å². The number of ether oxygens (including phenoxy) is 1. The summed E-state index contributed by atoms with van der Waals surface area (Å²) in [7, 11) is 1.50. The van der Waals surface area contributed by atoms with Crippen LogP contribution in [0.4, 0.5) is 28.9 Å². The number of amides is 2. The number of hydrogen-bond acceptors (Lipinski definition) is 7. The van der Waals surface area contributed by atoms with Crippen LogP contribution in [0.2, 0.25) is 0 Å². The highest BCUT2D eigenvalue weighted by atomic mass is 19.4. The molecule has 2 amide bonds. The number of anilines is 2. The summed E-state index contributed by atoms with van der Waals surface area (Å²) in [5.74, 6) is -1.58. The summed E-state index contributed by atoms with van der Waals surface area (Å²) in [4.78, 5) is 29.9. The number of nitrogens with one attached hydrogen (secondary N) is 4. The van der Waals surface area contributed by atoms with Gasteiger partial charge in [0.2, 0.25) is 5.91 Å². The number of methoxy groups -OCH3 is 1. The topological polar surface area (TPSA) is 121 Å². The van der Waals surface area contributed by atoms with Crippen molar-refractivity contribution >= 4 is 23.2 Å². The van der Waals surface area contributed by atoms with E-state index >= 15 is 0 Å². The van der Waals surface area contributed by atoms with Gasteiger partial charge in [0.25, 0.3) is 0 Å². The summed E-state index contributed by atoms with van der Waals surface area (Å²) in [6.45, 7) is 1.99. The molecule has 1 aromatic carbocycles. The quantitative estimate of drug-likeness (QED) is 0.334. The van der Waals surface area contributed by atoms with Crippen LogP contribution in [0.3, 0.4) is 0 Å². The third-order valence-electron chi connectivity index (χ3n) is 6.22. The second-order valence-corrected chi connectivity index (χ2v) is 8.95. The van der Waals surface area contributed by atoms with Crippen molar-refractivity contribution in [2.45, 2.75) is 50.3 Å². The number of hydrogen-bond donors (Lipinski definition) is 5. The molecule has 0 spiro atoms. The van der Waals surface area contributed by atoms with Gasteiger partial charge in [0.15, 0.2) is 5.54 Å². The van der Waals surface area contributed by atoms with E-state index in [0.717, 1.165) is 12.1 Å². The van der Waals surface area contributed by atoms with Gasteiger partial charge in [-0.25, -0.2) is 20.0 Å². The molecule has 0 radical (unpaired) electrons. The predicted molar refractivity (Wildman–Crippen MR) is 124 cm³/mol. The molecule has 1 aromatic heterocycles. The first kappa shape index (κ1) is 26.7. The summed E-state index contributed by atoms with van der Waals surface area (Å²) < 4.78 is 58.1. The maximum atomic E-state index is 13.3. The van der Waals surface area contributed by atoms with Gasteiger partial charge >= 0.3 is 12.1 Å². The number of halogens is 4. The van der Waals surface area contributed by atoms with Crippen LogP contribution in [0.25, 0.3) is 0 Å². The lowest BCUT2D eigenvalue weighted by Gasteiger charge is -2.28. The number of rotatable bonds is 8. The van der Waals surface area contributed by atoms with E-state index in [-0.39, 0.29) is 35.8 Å². The number of nitrogens with two attached hydrogens (primary N) is 1. The van der Waals surface area contributed by atoms with Gasteiger partial charge in [-0.1, -0.05) is 0 Å². The molecule has 4 rings (SSSR count). The average molecular weight is 524 g/mol. The van der Waals surface area contributed by atoms with E-state index < -0.39 is 29.3 Å². The highest BCUT2D eigenvalue weighted by Crippen LogP contribution is 2.37. The normalized spacial score (nSPS) is 20.6. The monoisotopic (exact) mass is 523 g/mol. The Morgan fingerprint density at radius 1 is 1.22 bits per heavy atom. The number of benzene rings is 1.